The van der Waals surface area contributed by atoms with Gasteiger partial charge in [0.2, 0.25) is 11.8 Å². The van der Waals surface area contributed by atoms with Crippen LogP contribution in [0.15, 0.2) is 48.8 Å². The fourth-order valence-corrected chi connectivity index (χ4v) is 2.89. The Morgan fingerprint density at radius 2 is 2.08 bits per heavy atom. The second-order valence-corrected chi connectivity index (χ2v) is 6.02. The Hall–Kier alpha value is -2.89. The fourth-order valence-electron chi connectivity index (χ4n) is 2.89. The zero-order valence-corrected chi connectivity index (χ0v) is 14.1. The number of benzene rings is 1. The van der Waals surface area contributed by atoms with E-state index in [-0.39, 0.29) is 30.1 Å². The monoisotopic (exact) mass is 339 g/mol. The summed E-state index contributed by atoms with van der Waals surface area (Å²) in [6.45, 7) is 0.320. The second kappa shape index (κ2) is 7.79. The average Bonchev–Trinajstić information content (AvgIpc) is 3.43. The Labute approximate surface area is 146 Å². The number of pyridine rings is 1. The fraction of sp³-hybridized carbons (Fsp3) is 0.316. The van der Waals surface area contributed by atoms with E-state index in [4.69, 9.17) is 4.74 Å². The van der Waals surface area contributed by atoms with Gasteiger partial charge in [-0.15, -0.1) is 0 Å². The molecule has 0 saturated heterocycles. The van der Waals surface area contributed by atoms with Crippen molar-refractivity contribution in [1.82, 2.24) is 10.3 Å². The van der Waals surface area contributed by atoms with E-state index in [1.54, 1.807) is 31.6 Å². The van der Waals surface area contributed by atoms with Crippen LogP contribution in [0.25, 0.3) is 0 Å². The Kier molecular flexibility index (Phi) is 5.28. The molecule has 130 valence electrons. The smallest absolute Gasteiger partial charge is 0.226 e. The molecule has 1 aliphatic carbocycles. The number of aromatic nitrogens is 1. The molecule has 1 aliphatic rings. The molecule has 0 radical (unpaired) electrons. The SMILES string of the molecule is COc1ccccc1[C@@H]1C[C@H]1C(=O)NCCC(=O)Nc1cccnc1. The molecule has 0 bridgehead atoms. The van der Waals surface area contributed by atoms with Crippen LogP contribution in [0.5, 0.6) is 5.75 Å². The van der Waals surface area contributed by atoms with Gasteiger partial charge in [0, 0.05) is 25.1 Å². The first-order valence-corrected chi connectivity index (χ1v) is 8.29. The molecule has 0 unspecified atom stereocenters. The van der Waals surface area contributed by atoms with Crippen molar-refractivity contribution in [2.45, 2.75) is 18.8 Å². The van der Waals surface area contributed by atoms with Gasteiger partial charge in [0.1, 0.15) is 5.75 Å². The largest absolute Gasteiger partial charge is 0.496 e. The third-order valence-electron chi connectivity index (χ3n) is 4.26. The molecule has 6 nitrogen and oxygen atoms in total. The first-order chi connectivity index (χ1) is 12.2. The van der Waals surface area contributed by atoms with Crippen molar-refractivity contribution in [3.63, 3.8) is 0 Å². The summed E-state index contributed by atoms with van der Waals surface area (Å²) in [7, 11) is 1.64. The van der Waals surface area contributed by atoms with Gasteiger partial charge < -0.3 is 15.4 Å². The maximum atomic E-state index is 12.2. The van der Waals surface area contributed by atoms with Gasteiger partial charge in [0.05, 0.1) is 19.0 Å². The van der Waals surface area contributed by atoms with Crippen LogP contribution in [0, 0.1) is 5.92 Å². The number of amides is 2. The minimum absolute atomic E-state index is 0.00918. The molecule has 1 saturated carbocycles. The van der Waals surface area contributed by atoms with Crippen molar-refractivity contribution in [3.8, 4) is 5.75 Å². The van der Waals surface area contributed by atoms with Gasteiger partial charge in [0.15, 0.2) is 0 Å². The van der Waals surface area contributed by atoms with Crippen molar-refractivity contribution in [2.24, 2.45) is 5.92 Å². The van der Waals surface area contributed by atoms with E-state index in [9.17, 15) is 9.59 Å². The minimum atomic E-state index is -0.148. The molecule has 1 fully saturated rings. The molecule has 2 N–H and O–H groups in total. The molecular weight excluding hydrogens is 318 g/mol. The summed E-state index contributed by atoms with van der Waals surface area (Å²) in [6.07, 6.45) is 4.27. The predicted molar refractivity (Wildman–Crippen MR) is 94.3 cm³/mol. The Bertz CT molecular complexity index is 749. The van der Waals surface area contributed by atoms with E-state index in [1.165, 1.54) is 0 Å². The lowest BCUT2D eigenvalue weighted by molar-refractivity contribution is -0.122. The maximum Gasteiger partial charge on any atom is 0.226 e. The Morgan fingerprint density at radius 3 is 2.84 bits per heavy atom. The Morgan fingerprint density at radius 1 is 1.24 bits per heavy atom. The van der Waals surface area contributed by atoms with E-state index < -0.39 is 0 Å². The zero-order chi connectivity index (χ0) is 17.6. The maximum absolute atomic E-state index is 12.2. The summed E-state index contributed by atoms with van der Waals surface area (Å²) in [5, 5.41) is 5.58. The van der Waals surface area contributed by atoms with Gasteiger partial charge in [0.25, 0.3) is 0 Å². The highest BCUT2D eigenvalue weighted by molar-refractivity contribution is 5.91. The number of methoxy groups -OCH3 is 1. The number of nitrogens with zero attached hydrogens (tertiary/aromatic N) is 1. The lowest BCUT2D eigenvalue weighted by atomic mass is 10.1. The highest BCUT2D eigenvalue weighted by Crippen LogP contribution is 2.50. The van der Waals surface area contributed by atoms with Crippen LogP contribution in [0.3, 0.4) is 0 Å². The van der Waals surface area contributed by atoms with E-state index >= 15 is 0 Å². The van der Waals surface area contributed by atoms with Crippen molar-refractivity contribution in [2.75, 3.05) is 19.0 Å². The molecule has 1 aromatic heterocycles. The van der Waals surface area contributed by atoms with Crippen LogP contribution in [-0.4, -0.2) is 30.5 Å². The van der Waals surface area contributed by atoms with Crippen LogP contribution < -0.4 is 15.4 Å². The van der Waals surface area contributed by atoms with Gasteiger partial charge in [-0.3, -0.25) is 14.6 Å². The number of nitrogens with one attached hydrogen (secondary N) is 2. The molecule has 3 rings (SSSR count). The molecule has 6 heteroatoms. The summed E-state index contributed by atoms with van der Waals surface area (Å²) in [5.74, 6) is 0.812. The molecule has 0 spiro atoms. The standard InChI is InChI=1S/C19H21N3O3/c1-25-17-7-3-2-6-14(17)15-11-16(15)19(24)21-10-8-18(23)22-13-5-4-9-20-12-13/h2-7,9,12,15-16H,8,10-11H2,1H3,(H,21,24)(H,22,23)/t15-,16+/m0/s1. The van der Waals surface area contributed by atoms with Gasteiger partial charge in [-0.05, 0) is 36.1 Å². The summed E-state index contributed by atoms with van der Waals surface area (Å²) in [5.41, 5.74) is 1.72. The number of para-hydroxylation sites is 1. The normalized spacial score (nSPS) is 18.3. The van der Waals surface area contributed by atoms with Crippen molar-refractivity contribution < 1.29 is 14.3 Å². The molecule has 2 atom stereocenters. The van der Waals surface area contributed by atoms with Crippen LogP contribution in [0.2, 0.25) is 0 Å². The third-order valence-corrected chi connectivity index (χ3v) is 4.26. The topological polar surface area (TPSA) is 80.3 Å². The highest BCUT2D eigenvalue weighted by atomic mass is 16.5. The van der Waals surface area contributed by atoms with Crippen molar-refractivity contribution >= 4 is 17.5 Å². The molecule has 1 aromatic carbocycles. The van der Waals surface area contributed by atoms with Gasteiger partial charge in [-0.1, -0.05) is 18.2 Å². The average molecular weight is 339 g/mol. The number of carbonyl (C=O) groups excluding carboxylic acids is 2. The molecular formula is C19H21N3O3. The van der Waals surface area contributed by atoms with E-state index in [0.29, 0.717) is 12.2 Å². The lowest BCUT2D eigenvalue weighted by Gasteiger charge is -2.08. The van der Waals surface area contributed by atoms with Crippen LogP contribution in [0.1, 0.15) is 24.3 Å². The second-order valence-electron chi connectivity index (χ2n) is 6.02. The van der Waals surface area contributed by atoms with Crippen molar-refractivity contribution in [3.05, 3.63) is 54.4 Å². The van der Waals surface area contributed by atoms with Crippen molar-refractivity contribution in [1.29, 1.82) is 0 Å². The van der Waals surface area contributed by atoms with Crippen LogP contribution >= 0.6 is 0 Å². The third kappa shape index (κ3) is 4.35. The number of carbonyl (C=O) groups is 2. The molecule has 1 heterocycles. The lowest BCUT2D eigenvalue weighted by Crippen LogP contribution is -2.29. The molecule has 0 aliphatic heterocycles. The van der Waals surface area contributed by atoms with Gasteiger partial charge in [-0.25, -0.2) is 0 Å². The quantitative estimate of drug-likeness (QED) is 0.811. The summed E-state index contributed by atoms with van der Waals surface area (Å²) < 4.78 is 5.35. The van der Waals surface area contributed by atoms with E-state index in [0.717, 1.165) is 17.7 Å². The summed E-state index contributed by atoms with van der Waals surface area (Å²) in [6, 6.07) is 11.3. The van der Waals surface area contributed by atoms with Crippen LogP contribution in [0.4, 0.5) is 5.69 Å². The van der Waals surface area contributed by atoms with E-state index in [2.05, 4.69) is 15.6 Å². The number of hydrogen-bond acceptors (Lipinski definition) is 4. The Balaban J connectivity index is 1.43. The summed E-state index contributed by atoms with van der Waals surface area (Å²) >= 11 is 0. The summed E-state index contributed by atoms with van der Waals surface area (Å²) in [4.78, 5) is 28.0. The van der Waals surface area contributed by atoms with Gasteiger partial charge in [-0.2, -0.15) is 0 Å². The molecule has 2 amide bonds. The number of ether oxygens (including phenoxy) is 1. The first kappa shape index (κ1) is 17.0. The zero-order valence-electron chi connectivity index (χ0n) is 14.1. The number of anilines is 1. The van der Waals surface area contributed by atoms with Gasteiger partial charge >= 0.3 is 0 Å². The molecule has 2 aromatic rings. The number of rotatable bonds is 7. The minimum Gasteiger partial charge on any atom is -0.496 e. The number of hydrogen-bond donors (Lipinski definition) is 2. The highest BCUT2D eigenvalue weighted by Gasteiger charge is 2.45. The predicted octanol–water partition coefficient (Wildman–Crippen LogP) is 2.34. The molecule has 25 heavy (non-hydrogen) atoms. The van der Waals surface area contributed by atoms with E-state index in [1.807, 2.05) is 24.3 Å². The van der Waals surface area contributed by atoms with Crippen LogP contribution in [-0.2, 0) is 9.59 Å². The first-order valence-electron chi connectivity index (χ1n) is 8.29.